The summed E-state index contributed by atoms with van der Waals surface area (Å²) >= 11 is 0. The smallest absolute Gasteiger partial charge is 0.327 e. The highest BCUT2D eigenvalue weighted by Crippen LogP contribution is 2.60. The zero-order valence-electron chi connectivity index (χ0n) is 31.3. The molecule has 4 aliphatic heterocycles. The van der Waals surface area contributed by atoms with Gasteiger partial charge >= 0.3 is 5.97 Å². The maximum atomic E-state index is 14.4. The molecule has 54 heavy (non-hydrogen) atoms. The summed E-state index contributed by atoms with van der Waals surface area (Å²) in [6.45, 7) is 7.51. The second kappa shape index (κ2) is 13.5. The maximum absolute atomic E-state index is 14.4. The summed E-state index contributed by atoms with van der Waals surface area (Å²) in [5.74, 6) is 0.106. The van der Waals surface area contributed by atoms with Crippen molar-refractivity contribution in [1.82, 2.24) is 15.7 Å². The number of nitrogens with one attached hydrogen (secondary N) is 2. The van der Waals surface area contributed by atoms with E-state index in [1.807, 2.05) is 6.07 Å². The van der Waals surface area contributed by atoms with Gasteiger partial charge in [-0.15, -0.1) is 0 Å². The Balaban J connectivity index is 0.937. The van der Waals surface area contributed by atoms with Crippen LogP contribution >= 0.6 is 0 Å². The van der Waals surface area contributed by atoms with Crippen LogP contribution in [0.15, 0.2) is 54.1 Å². The van der Waals surface area contributed by atoms with E-state index < -0.39 is 41.8 Å². The van der Waals surface area contributed by atoms with Gasteiger partial charge in [0.1, 0.15) is 36.6 Å². The van der Waals surface area contributed by atoms with Crippen molar-refractivity contribution in [3.8, 4) is 0 Å². The monoisotopic (exact) mass is 741 g/mol. The maximum Gasteiger partial charge on any atom is 0.327 e. The van der Waals surface area contributed by atoms with E-state index in [-0.39, 0.29) is 56.9 Å². The van der Waals surface area contributed by atoms with Crippen LogP contribution in [0.5, 0.6) is 0 Å². The highest BCUT2D eigenvalue weighted by molar-refractivity contribution is 5.95. The van der Waals surface area contributed by atoms with Crippen molar-refractivity contribution in [2.45, 2.75) is 115 Å². The first-order valence-electron chi connectivity index (χ1n) is 19.6. The molecule has 0 aromatic heterocycles. The van der Waals surface area contributed by atoms with E-state index in [1.54, 1.807) is 23.3 Å². The fourth-order valence-corrected chi connectivity index (χ4v) is 10.6. The normalized spacial score (nSPS) is 38.1. The largest absolute Gasteiger partial charge is 0.458 e. The molecule has 4 saturated heterocycles. The summed E-state index contributed by atoms with van der Waals surface area (Å²) in [5.41, 5.74) is 3.87. The Morgan fingerprint density at radius 3 is 2.61 bits per heavy atom. The van der Waals surface area contributed by atoms with Gasteiger partial charge < -0.3 is 34.7 Å². The lowest BCUT2D eigenvalue weighted by atomic mass is 9.52. The highest BCUT2D eigenvalue weighted by Gasteiger charge is 2.74. The SMILES string of the molecule is CC1(C)CC2C(=Cc3ccc(CN4OC5C6OCOC6C6CC5(C(=O)NCc5cccc(C(=O)NCCO)c5)C4C(=O)O6)cc3)CCC3OC3(C)CCC21. The number of benzene rings is 2. The molecule has 2 aromatic carbocycles. The van der Waals surface area contributed by atoms with Gasteiger partial charge in [-0.05, 0) is 85.1 Å². The molecule has 288 valence electrons. The van der Waals surface area contributed by atoms with Gasteiger partial charge in [-0.1, -0.05) is 61.9 Å². The number of esters is 1. The molecule has 3 aliphatic carbocycles. The molecule has 9 rings (SSSR count). The quantitative estimate of drug-likeness (QED) is 0.254. The third-order valence-electron chi connectivity index (χ3n) is 13.6. The van der Waals surface area contributed by atoms with Gasteiger partial charge in [-0.2, -0.15) is 5.06 Å². The Kier molecular flexibility index (Phi) is 9.02. The molecule has 7 fully saturated rings. The molecular weight excluding hydrogens is 690 g/mol. The minimum atomic E-state index is -1.28. The van der Waals surface area contributed by atoms with Gasteiger partial charge in [0.15, 0.2) is 6.04 Å². The average molecular weight is 742 g/mol. The Morgan fingerprint density at radius 1 is 1.00 bits per heavy atom. The predicted octanol–water partition coefficient (Wildman–Crippen LogP) is 4.04. The van der Waals surface area contributed by atoms with Crippen molar-refractivity contribution in [2.75, 3.05) is 19.9 Å². The number of nitrogens with zero attached hydrogens (tertiary/aromatic N) is 1. The number of carbonyl (C=O) groups excluding carboxylic acids is 3. The molecule has 0 radical (unpaired) electrons. The number of ether oxygens (including phenoxy) is 4. The average Bonchev–Trinajstić information content (AvgIpc) is 3.44. The van der Waals surface area contributed by atoms with E-state index in [2.05, 4.69) is 61.7 Å². The Bertz CT molecular complexity index is 1850. The van der Waals surface area contributed by atoms with Crippen LogP contribution in [0.3, 0.4) is 0 Å². The third kappa shape index (κ3) is 6.10. The predicted molar refractivity (Wildman–Crippen MR) is 195 cm³/mol. The number of epoxide rings is 1. The highest BCUT2D eigenvalue weighted by atomic mass is 16.8. The Labute approximate surface area is 315 Å². The van der Waals surface area contributed by atoms with Crippen LogP contribution in [-0.2, 0) is 46.5 Å². The standard InChI is InChI=1S/C42H51N3O9/c1-40(2)19-29-27(11-12-32-41(3,53-32)14-13-30(29)40)17-24-7-9-25(10-8-24)22-45-35-38(48)52-31-20-42(35,36(54-45)34-33(31)50-23-51-34)39(49)44-21-26-5-4-6-28(18-26)37(47)43-15-16-46/h4-10,17-18,29-36,46H,11-16,19-23H2,1-3H3,(H,43,47)(H,44,49). The van der Waals surface area contributed by atoms with Crippen molar-refractivity contribution in [2.24, 2.45) is 22.7 Å². The minimum absolute atomic E-state index is 0.0276. The summed E-state index contributed by atoms with van der Waals surface area (Å²) in [7, 11) is 0. The zero-order valence-corrected chi connectivity index (χ0v) is 31.3. The number of carbonyl (C=O) groups is 3. The summed E-state index contributed by atoms with van der Waals surface area (Å²) in [5, 5.41) is 16.4. The van der Waals surface area contributed by atoms with Gasteiger partial charge in [-0.3, -0.25) is 19.2 Å². The van der Waals surface area contributed by atoms with E-state index >= 15 is 0 Å². The van der Waals surface area contributed by atoms with Crippen molar-refractivity contribution >= 4 is 23.9 Å². The van der Waals surface area contributed by atoms with Crippen molar-refractivity contribution in [3.63, 3.8) is 0 Å². The van der Waals surface area contributed by atoms with Crippen LogP contribution in [0.2, 0.25) is 0 Å². The number of hydroxylamine groups is 2. The van der Waals surface area contributed by atoms with E-state index in [1.165, 1.54) is 18.4 Å². The lowest BCUT2D eigenvalue weighted by molar-refractivity contribution is -0.201. The van der Waals surface area contributed by atoms with Gasteiger partial charge in [0.05, 0.1) is 24.9 Å². The molecule has 12 nitrogen and oxygen atoms in total. The van der Waals surface area contributed by atoms with Gasteiger partial charge in [0.25, 0.3) is 5.91 Å². The Hall–Kier alpha value is -3.65. The number of allylic oxidation sites excluding steroid dienone is 1. The topological polar surface area (TPSA) is 148 Å². The molecule has 3 saturated carbocycles. The number of aliphatic hydroxyl groups is 1. The van der Waals surface area contributed by atoms with Crippen molar-refractivity contribution in [1.29, 1.82) is 0 Å². The van der Waals surface area contributed by atoms with Crippen LogP contribution in [0, 0.1) is 22.7 Å². The first-order valence-corrected chi connectivity index (χ1v) is 19.6. The molecule has 0 spiro atoms. The third-order valence-corrected chi connectivity index (χ3v) is 13.6. The first-order chi connectivity index (χ1) is 26.0. The molecule has 4 heterocycles. The number of fused-ring (bicyclic) bond motifs is 6. The summed E-state index contributed by atoms with van der Waals surface area (Å²) in [6, 6.07) is 14.4. The number of hydrogen-bond acceptors (Lipinski definition) is 10. The van der Waals surface area contributed by atoms with Gasteiger partial charge in [0.2, 0.25) is 5.91 Å². The molecule has 3 N–H and O–H groups in total. The molecule has 10 unspecified atom stereocenters. The van der Waals surface area contributed by atoms with Crippen LogP contribution < -0.4 is 10.6 Å². The summed E-state index contributed by atoms with van der Waals surface area (Å²) < 4.78 is 24.0. The number of hydrogen-bond donors (Lipinski definition) is 3. The van der Waals surface area contributed by atoms with E-state index in [0.717, 1.165) is 30.4 Å². The van der Waals surface area contributed by atoms with Crippen LogP contribution in [0.4, 0.5) is 0 Å². The molecule has 2 amide bonds. The molecular formula is C42H51N3O9. The second-order valence-corrected chi connectivity index (χ2v) is 17.3. The number of rotatable bonds is 9. The number of aliphatic hydroxyl groups excluding tert-OH is 1. The summed E-state index contributed by atoms with van der Waals surface area (Å²) in [6.07, 6.45) is 6.15. The molecule has 12 heteroatoms. The zero-order chi connectivity index (χ0) is 37.4. The lowest BCUT2D eigenvalue weighted by Gasteiger charge is -2.53. The van der Waals surface area contributed by atoms with E-state index in [0.29, 0.717) is 34.5 Å². The Morgan fingerprint density at radius 2 is 1.81 bits per heavy atom. The fourth-order valence-electron chi connectivity index (χ4n) is 10.6. The van der Waals surface area contributed by atoms with Crippen molar-refractivity contribution in [3.05, 3.63) is 76.4 Å². The van der Waals surface area contributed by atoms with E-state index in [9.17, 15) is 14.4 Å². The second-order valence-electron chi connectivity index (χ2n) is 17.3. The molecule has 2 bridgehead atoms. The number of amides is 2. The van der Waals surface area contributed by atoms with Crippen molar-refractivity contribution < 1.29 is 43.3 Å². The first kappa shape index (κ1) is 36.0. The van der Waals surface area contributed by atoms with Gasteiger partial charge in [-0.25, -0.2) is 0 Å². The molecule has 2 aromatic rings. The van der Waals surface area contributed by atoms with Crippen LogP contribution in [0.1, 0.15) is 86.3 Å². The summed E-state index contributed by atoms with van der Waals surface area (Å²) in [4.78, 5) is 47.4. The molecule has 10 atom stereocenters. The van der Waals surface area contributed by atoms with E-state index in [4.69, 9.17) is 28.9 Å². The van der Waals surface area contributed by atoms with Crippen LogP contribution in [0.25, 0.3) is 6.08 Å². The minimum Gasteiger partial charge on any atom is -0.458 e. The lowest BCUT2D eigenvalue weighted by Crippen LogP contribution is -2.69. The van der Waals surface area contributed by atoms with Crippen LogP contribution in [-0.4, -0.2) is 90.1 Å². The molecule has 7 aliphatic rings. The van der Waals surface area contributed by atoms with Gasteiger partial charge in [0, 0.05) is 25.1 Å². The fraction of sp³-hybridized carbons (Fsp3) is 0.595.